The van der Waals surface area contributed by atoms with Crippen LogP contribution in [-0.2, 0) is 19.4 Å². The van der Waals surface area contributed by atoms with Crippen LogP contribution in [0.5, 0.6) is 0 Å². The highest BCUT2D eigenvalue weighted by atomic mass is 32.2. The Balaban J connectivity index is 2.03. The molecule has 0 amide bonds. The van der Waals surface area contributed by atoms with E-state index in [2.05, 4.69) is 0 Å². The van der Waals surface area contributed by atoms with Crippen LogP contribution in [0.3, 0.4) is 0 Å². The van der Waals surface area contributed by atoms with E-state index in [-0.39, 0.29) is 17.2 Å². The number of rotatable bonds is 4. The first-order valence-electron chi connectivity index (χ1n) is 8.09. The van der Waals surface area contributed by atoms with E-state index in [1.165, 1.54) is 19.1 Å². The lowest BCUT2D eigenvalue weighted by Crippen LogP contribution is -2.50. The largest absolute Gasteiger partial charge is 0.458 e. The van der Waals surface area contributed by atoms with Gasteiger partial charge in [0.25, 0.3) is 0 Å². The van der Waals surface area contributed by atoms with Crippen molar-refractivity contribution in [2.24, 2.45) is 11.8 Å². The molecule has 0 aliphatic heterocycles. The Morgan fingerprint density at radius 3 is 2.56 bits per heavy atom. The normalized spacial score (nSPS) is 31.3. The van der Waals surface area contributed by atoms with Gasteiger partial charge in [0.1, 0.15) is 6.10 Å². The van der Waals surface area contributed by atoms with Crippen LogP contribution in [0.25, 0.3) is 0 Å². The summed E-state index contributed by atoms with van der Waals surface area (Å²) in [6, 6.07) is 7.56. The average Bonchev–Trinajstić information content (AvgIpc) is 2.95. The Hall–Kier alpha value is -2.22. The van der Waals surface area contributed by atoms with Crippen molar-refractivity contribution in [2.75, 3.05) is 0 Å². The molecule has 2 aliphatic rings. The summed E-state index contributed by atoms with van der Waals surface area (Å²) in [6.07, 6.45) is 3.43. The maximum Gasteiger partial charge on any atom is 0.329 e. The van der Waals surface area contributed by atoms with E-state index in [0.29, 0.717) is 12.8 Å². The number of nitro groups is 1. The zero-order valence-electron chi connectivity index (χ0n) is 13.7. The van der Waals surface area contributed by atoms with Crippen LogP contribution in [0.4, 0.5) is 0 Å². The third kappa shape index (κ3) is 2.74. The van der Waals surface area contributed by atoms with E-state index in [4.69, 9.17) is 4.74 Å². The topological polar surface area (TPSA) is 104 Å². The van der Waals surface area contributed by atoms with Gasteiger partial charge in [0, 0.05) is 18.3 Å². The summed E-state index contributed by atoms with van der Waals surface area (Å²) in [5.74, 6) is -1.37. The predicted octanol–water partition coefficient (Wildman–Crippen LogP) is 2.35. The smallest absolute Gasteiger partial charge is 0.329 e. The Bertz CT molecular complexity index is 819. The van der Waals surface area contributed by atoms with Gasteiger partial charge in [0.15, 0.2) is 0 Å². The Kier molecular flexibility index (Phi) is 4.40. The van der Waals surface area contributed by atoms with E-state index >= 15 is 0 Å². The number of hydrogen-bond acceptors (Lipinski definition) is 6. The van der Waals surface area contributed by atoms with Crippen molar-refractivity contribution in [3.8, 4) is 0 Å². The van der Waals surface area contributed by atoms with Crippen LogP contribution >= 0.6 is 0 Å². The number of ether oxygens (including phenoxy) is 1. The maximum absolute atomic E-state index is 13.2. The summed E-state index contributed by atoms with van der Waals surface area (Å²) in [5.41, 5.74) is 0. The third-order valence-electron chi connectivity index (χ3n) is 5.12. The predicted molar refractivity (Wildman–Crippen MR) is 88.9 cm³/mol. The molecule has 0 unspecified atom stereocenters. The molecule has 0 radical (unpaired) electrons. The molecule has 0 spiro atoms. The van der Waals surface area contributed by atoms with Crippen LogP contribution in [0.1, 0.15) is 26.2 Å². The maximum atomic E-state index is 13.2. The van der Waals surface area contributed by atoms with Gasteiger partial charge in [-0.15, -0.1) is 0 Å². The van der Waals surface area contributed by atoms with Crippen molar-refractivity contribution in [2.45, 2.75) is 42.1 Å². The lowest BCUT2D eigenvalue weighted by molar-refractivity contribution is -0.546. The zero-order chi connectivity index (χ0) is 18.2. The van der Waals surface area contributed by atoms with Gasteiger partial charge in [-0.25, -0.2) is 8.42 Å². The second-order valence-corrected chi connectivity index (χ2v) is 8.70. The summed E-state index contributed by atoms with van der Waals surface area (Å²) < 4.78 is 31.5. The van der Waals surface area contributed by atoms with Gasteiger partial charge in [-0.2, -0.15) is 0 Å². The monoisotopic (exact) mass is 365 g/mol. The van der Waals surface area contributed by atoms with E-state index in [9.17, 15) is 23.3 Å². The quantitative estimate of drug-likeness (QED) is 0.351. The fourth-order valence-corrected chi connectivity index (χ4v) is 6.16. The molecule has 134 valence electrons. The minimum atomic E-state index is -4.17. The lowest BCUT2D eigenvalue weighted by atomic mass is 9.84. The number of fused-ring (bicyclic) bond motifs is 1. The molecule has 7 nitrogen and oxygen atoms in total. The van der Waals surface area contributed by atoms with Crippen LogP contribution in [0.15, 0.2) is 47.4 Å². The Morgan fingerprint density at radius 2 is 1.96 bits per heavy atom. The van der Waals surface area contributed by atoms with Crippen molar-refractivity contribution in [1.29, 1.82) is 0 Å². The molecule has 3 rings (SSSR count). The van der Waals surface area contributed by atoms with E-state index in [0.717, 1.165) is 0 Å². The van der Waals surface area contributed by atoms with Crippen LogP contribution in [-0.4, -0.2) is 30.3 Å². The molecule has 0 bridgehead atoms. The Labute approximate surface area is 145 Å². The highest BCUT2D eigenvalue weighted by molar-refractivity contribution is 7.92. The zero-order valence-corrected chi connectivity index (χ0v) is 14.5. The summed E-state index contributed by atoms with van der Waals surface area (Å²) >= 11 is 0. The molecular weight excluding hydrogens is 346 g/mol. The van der Waals surface area contributed by atoms with Gasteiger partial charge in [0.2, 0.25) is 9.84 Å². The summed E-state index contributed by atoms with van der Waals surface area (Å²) in [4.78, 5) is 20.3. The van der Waals surface area contributed by atoms with Gasteiger partial charge in [-0.1, -0.05) is 24.3 Å². The number of carbonyl (C=O) groups is 1. The molecular formula is C17H19NO6S. The number of benzene rings is 1. The summed E-state index contributed by atoms with van der Waals surface area (Å²) in [7, 11) is -4.17. The van der Waals surface area contributed by atoms with Gasteiger partial charge < -0.3 is 4.74 Å². The Morgan fingerprint density at radius 1 is 1.28 bits per heavy atom. The molecule has 0 N–H and O–H groups in total. The molecule has 0 saturated heterocycles. The standard InChI is InChI=1S/C17H19NO6S/c1-12(19)24-14-7-8-16-13(11-14)9-10-17(16,18(20)21)25(22,23)15-5-3-2-4-6-15/h2-8,13-14,16H,9-11H2,1H3/t13-,14-,16+,17+/m1/s1. The molecule has 1 aromatic rings. The van der Waals surface area contributed by atoms with Gasteiger partial charge in [-0.3, -0.25) is 14.9 Å². The van der Waals surface area contributed by atoms with Crippen LogP contribution < -0.4 is 0 Å². The number of carbonyl (C=O) groups excluding carboxylic acids is 1. The highest BCUT2D eigenvalue weighted by Crippen LogP contribution is 2.52. The highest BCUT2D eigenvalue weighted by Gasteiger charge is 2.67. The van der Waals surface area contributed by atoms with Crippen molar-refractivity contribution >= 4 is 15.8 Å². The number of esters is 1. The average molecular weight is 365 g/mol. The second-order valence-electron chi connectivity index (χ2n) is 6.51. The first kappa shape index (κ1) is 17.6. The fraction of sp³-hybridized carbons (Fsp3) is 0.471. The van der Waals surface area contributed by atoms with Gasteiger partial charge in [-0.05, 0) is 37.0 Å². The minimum absolute atomic E-state index is 0.0390. The molecule has 1 saturated carbocycles. The van der Waals surface area contributed by atoms with Crippen LogP contribution in [0, 0.1) is 22.0 Å². The van der Waals surface area contributed by atoms with E-state index in [1.807, 2.05) is 0 Å². The number of hydrogen-bond donors (Lipinski definition) is 0. The number of nitrogens with zero attached hydrogens (tertiary/aromatic N) is 1. The molecule has 4 atom stereocenters. The molecule has 1 aromatic carbocycles. The van der Waals surface area contributed by atoms with E-state index in [1.54, 1.807) is 30.4 Å². The summed E-state index contributed by atoms with van der Waals surface area (Å²) in [5, 5.41) is 12.0. The first-order valence-corrected chi connectivity index (χ1v) is 9.57. The molecule has 0 heterocycles. The van der Waals surface area contributed by atoms with Gasteiger partial charge in [0.05, 0.1) is 10.8 Å². The second kappa shape index (κ2) is 6.25. The van der Waals surface area contributed by atoms with Crippen molar-refractivity contribution in [1.82, 2.24) is 0 Å². The lowest BCUT2D eigenvalue weighted by Gasteiger charge is -2.31. The summed E-state index contributed by atoms with van der Waals surface area (Å²) in [6.45, 7) is 1.30. The molecule has 1 fully saturated rings. The minimum Gasteiger partial charge on any atom is -0.458 e. The fourth-order valence-electron chi connectivity index (χ4n) is 4.03. The molecule has 25 heavy (non-hydrogen) atoms. The molecule has 0 aromatic heterocycles. The van der Waals surface area contributed by atoms with Crippen LogP contribution in [0.2, 0.25) is 0 Å². The third-order valence-corrected chi connectivity index (χ3v) is 7.56. The SMILES string of the molecule is CC(=O)O[C@@H]1C=C[C@H]2[C@H](CC[C@]2([N+](=O)[O-])S(=O)(=O)c2ccccc2)C1. The van der Waals surface area contributed by atoms with Crippen molar-refractivity contribution in [3.05, 3.63) is 52.6 Å². The first-order chi connectivity index (χ1) is 11.8. The van der Waals surface area contributed by atoms with E-state index < -0.39 is 37.6 Å². The molecule has 8 heteroatoms. The number of sulfone groups is 1. The molecule has 2 aliphatic carbocycles. The van der Waals surface area contributed by atoms with Gasteiger partial charge >= 0.3 is 10.8 Å². The van der Waals surface area contributed by atoms with Crippen molar-refractivity contribution < 1.29 is 22.9 Å². The van der Waals surface area contributed by atoms with Crippen molar-refractivity contribution in [3.63, 3.8) is 0 Å².